The van der Waals surface area contributed by atoms with Gasteiger partial charge in [-0.25, -0.2) is 13.2 Å². The lowest BCUT2D eigenvalue weighted by atomic mass is 10.2. The molecule has 0 spiro atoms. The van der Waals surface area contributed by atoms with E-state index in [4.69, 9.17) is 19.9 Å². The van der Waals surface area contributed by atoms with Gasteiger partial charge in [0.2, 0.25) is 0 Å². The number of anilines is 1. The Morgan fingerprint density at radius 2 is 1.79 bits per heavy atom. The van der Waals surface area contributed by atoms with Crippen molar-refractivity contribution in [2.24, 2.45) is 5.73 Å². The highest BCUT2D eigenvalue weighted by atomic mass is 32.2. The van der Waals surface area contributed by atoms with E-state index in [1.165, 1.54) is 43.3 Å². The highest BCUT2D eigenvalue weighted by molar-refractivity contribution is 7.92. The number of benzene rings is 2. The van der Waals surface area contributed by atoms with Gasteiger partial charge in [-0.05, 0) is 31.2 Å². The first-order valence-corrected chi connectivity index (χ1v) is 9.78. The lowest BCUT2D eigenvalue weighted by Crippen LogP contribution is -2.30. The first kappa shape index (κ1) is 19.5. The number of para-hydroxylation sites is 1. The van der Waals surface area contributed by atoms with Gasteiger partial charge in [-0.2, -0.15) is 0 Å². The lowest BCUT2D eigenvalue weighted by Gasteiger charge is -2.19. The minimum atomic E-state index is -4.03. The number of rotatable bonds is 6. The Morgan fingerprint density at radius 1 is 1.11 bits per heavy atom. The summed E-state index contributed by atoms with van der Waals surface area (Å²) in [6.45, 7) is 2.02. The number of esters is 1. The molecule has 1 atom stereocenters. The minimum Gasteiger partial charge on any atom is -0.486 e. The average molecular weight is 406 g/mol. The van der Waals surface area contributed by atoms with Crippen LogP contribution in [0.4, 0.5) is 5.69 Å². The zero-order chi connectivity index (χ0) is 20.3. The number of sulfonamides is 1. The topological polar surface area (TPSA) is 134 Å². The minimum absolute atomic E-state index is 0.000871. The molecule has 0 radical (unpaired) electrons. The predicted octanol–water partition coefficient (Wildman–Crippen LogP) is 1.29. The molecule has 1 aliphatic heterocycles. The third-order valence-electron chi connectivity index (χ3n) is 3.90. The molecule has 1 heterocycles. The quantitative estimate of drug-likeness (QED) is 0.690. The second-order valence-electron chi connectivity index (χ2n) is 5.91. The van der Waals surface area contributed by atoms with Crippen LogP contribution >= 0.6 is 0 Å². The van der Waals surface area contributed by atoms with Crippen molar-refractivity contribution in [1.82, 2.24) is 0 Å². The third-order valence-corrected chi connectivity index (χ3v) is 5.26. The van der Waals surface area contributed by atoms with Crippen LogP contribution in [0.3, 0.4) is 0 Å². The fourth-order valence-corrected chi connectivity index (χ4v) is 3.52. The van der Waals surface area contributed by atoms with Gasteiger partial charge in [-0.3, -0.25) is 9.52 Å². The maximum Gasteiger partial charge on any atom is 0.341 e. The zero-order valence-corrected chi connectivity index (χ0v) is 15.7. The van der Waals surface area contributed by atoms with Crippen LogP contribution < -0.4 is 19.9 Å². The van der Waals surface area contributed by atoms with E-state index in [0.29, 0.717) is 24.7 Å². The van der Waals surface area contributed by atoms with E-state index in [1.807, 2.05) is 0 Å². The third kappa shape index (κ3) is 4.17. The number of ether oxygens (including phenoxy) is 3. The summed E-state index contributed by atoms with van der Waals surface area (Å²) in [6.07, 6.45) is -1.16. The van der Waals surface area contributed by atoms with Gasteiger partial charge in [-0.1, -0.05) is 12.1 Å². The van der Waals surface area contributed by atoms with E-state index >= 15 is 0 Å². The van der Waals surface area contributed by atoms with Crippen LogP contribution in [-0.4, -0.2) is 39.6 Å². The van der Waals surface area contributed by atoms with E-state index < -0.39 is 28.0 Å². The van der Waals surface area contributed by atoms with Gasteiger partial charge in [0.25, 0.3) is 15.9 Å². The van der Waals surface area contributed by atoms with Crippen LogP contribution in [0.25, 0.3) is 0 Å². The molecule has 0 unspecified atom stereocenters. The molecule has 0 saturated carbocycles. The maximum atomic E-state index is 12.8. The van der Waals surface area contributed by atoms with E-state index in [-0.39, 0.29) is 16.1 Å². The van der Waals surface area contributed by atoms with Crippen LogP contribution in [0, 0.1) is 0 Å². The van der Waals surface area contributed by atoms with Crippen LogP contribution in [0.15, 0.2) is 47.4 Å². The molecule has 3 rings (SSSR count). The number of fused-ring (bicyclic) bond motifs is 1. The summed E-state index contributed by atoms with van der Waals surface area (Å²) in [5, 5.41) is 0. The normalized spacial score (nSPS) is 14.0. The van der Waals surface area contributed by atoms with Crippen molar-refractivity contribution in [3.63, 3.8) is 0 Å². The monoisotopic (exact) mass is 406 g/mol. The highest BCUT2D eigenvalue weighted by Gasteiger charge is 2.23. The molecule has 2 aromatic carbocycles. The van der Waals surface area contributed by atoms with Gasteiger partial charge in [0.1, 0.15) is 13.2 Å². The number of primary amides is 1. The van der Waals surface area contributed by atoms with Crippen molar-refractivity contribution in [3.8, 4) is 11.5 Å². The largest absolute Gasteiger partial charge is 0.486 e. The number of hydrogen-bond acceptors (Lipinski definition) is 7. The molecule has 0 aromatic heterocycles. The van der Waals surface area contributed by atoms with Crippen LogP contribution in [0.2, 0.25) is 0 Å². The molecular formula is C18H18N2O7S. The number of amides is 1. The first-order valence-electron chi connectivity index (χ1n) is 8.30. The first-order chi connectivity index (χ1) is 13.3. The number of carbonyl (C=O) groups excluding carboxylic acids is 2. The van der Waals surface area contributed by atoms with Crippen molar-refractivity contribution in [2.45, 2.75) is 17.9 Å². The van der Waals surface area contributed by atoms with E-state index in [0.717, 1.165) is 0 Å². The van der Waals surface area contributed by atoms with E-state index in [1.54, 1.807) is 6.07 Å². The maximum absolute atomic E-state index is 12.8. The fourth-order valence-electron chi connectivity index (χ4n) is 2.43. The van der Waals surface area contributed by atoms with Gasteiger partial charge in [0.15, 0.2) is 17.6 Å². The Morgan fingerprint density at radius 3 is 2.50 bits per heavy atom. The molecule has 0 aliphatic carbocycles. The molecule has 0 fully saturated rings. The molecule has 28 heavy (non-hydrogen) atoms. The van der Waals surface area contributed by atoms with Gasteiger partial charge < -0.3 is 19.9 Å². The number of carbonyl (C=O) groups is 2. The fraction of sp³-hybridized carbons (Fsp3) is 0.222. The van der Waals surface area contributed by atoms with E-state index in [2.05, 4.69) is 4.72 Å². The second-order valence-corrected chi connectivity index (χ2v) is 7.59. The molecule has 1 aliphatic rings. The van der Waals surface area contributed by atoms with Gasteiger partial charge in [0.05, 0.1) is 16.1 Å². The zero-order valence-electron chi connectivity index (χ0n) is 14.9. The van der Waals surface area contributed by atoms with Crippen molar-refractivity contribution in [1.29, 1.82) is 0 Å². The SMILES string of the molecule is C[C@H](OC(=O)c1ccccc1NS(=O)(=O)c1ccc2c(c1)OCCO2)C(N)=O. The number of nitrogens with one attached hydrogen (secondary N) is 1. The second kappa shape index (κ2) is 7.77. The number of hydrogen-bond donors (Lipinski definition) is 2. The summed E-state index contributed by atoms with van der Waals surface area (Å²) in [4.78, 5) is 23.3. The van der Waals surface area contributed by atoms with Crippen molar-refractivity contribution in [3.05, 3.63) is 48.0 Å². The molecule has 1 amide bonds. The Kier molecular flexibility index (Phi) is 5.41. The molecule has 0 saturated heterocycles. The summed E-state index contributed by atoms with van der Waals surface area (Å²) in [5.74, 6) is -0.929. The van der Waals surface area contributed by atoms with Crippen LogP contribution in [-0.2, 0) is 19.6 Å². The van der Waals surface area contributed by atoms with Gasteiger partial charge in [-0.15, -0.1) is 0 Å². The smallest absolute Gasteiger partial charge is 0.341 e. The Labute approximate surface area is 161 Å². The van der Waals surface area contributed by atoms with Gasteiger partial charge >= 0.3 is 5.97 Å². The molecule has 10 heteroatoms. The summed E-state index contributed by atoms with van der Waals surface area (Å²) < 4.78 is 43.6. The molecule has 0 bridgehead atoms. The summed E-state index contributed by atoms with van der Waals surface area (Å²) in [7, 11) is -4.03. The standard InChI is InChI=1S/C18H18N2O7S/c1-11(17(19)21)27-18(22)13-4-2-3-5-14(13)20-28(23,24)12-6-7-15-16(10-12)26-9-8-25-15/h2-7,10-11,20H,8-9H2,1H3,(H2,19,21)/t11-/m0/s1. The summed E-state index contributed by atoms with van der Waals surface area (Å²) >= 11 is 0. The molecule has 2 aromatic rings. The van der Waals surface area contributed by atoms with Crippen molar-refractivity contribution >= 4 is 27.6 Å². The van der Waals surface area contributed by atoms with Gasteiger partial charge in [0, 0.05) is 6.07 Å². The summed E-state index contributed by atoms with van der Waals surface area (Å²) in [6, 6.07) is 10.1. The average Bonchev–Trinajstić information content (AvgIpc) is 2.67. The Hall–Kier alpha value is -3.27. The van der Waals surface area contributed by atoms with Crippen LogP contribution in [0.1, 0.15) is 17.3 Å². The molecular weight excluding hydrogens is 388 g/mol. The Bertz CT molecular complexity index is 1020. The predicted molar refractivity (Wildman–Crippen MR) is 98.8 cm³/mol. The van der Waals surface area contributed by atoms with Crippen LogP contribution in [0.5, 0.6) is 11.5 Å². The molecule has 3 N–H and O–H groups in total. The lowest BCUT2D eigenvalue weighted by molar-refractivity contribution is -0.125. The number of nitrogens with two attached hydrogens (primary N) is 1. The highest BCUT2D eigenvalue weighted by Crippen LogP contribution is 2.33. The van der Waals surface area contributed by atoms with Crippen molar-refractivity contribution < 1.29 is 32.2 Å². The Balaban J connectivity index is 1.87. The molecule has 9 nitrogen and oxygen atoms in total. The summed E-state index contributed by atoms with van der Waals surface area (Å²) in [5.41, 5.74) is 5.02. The van der Waals surface area contributed by atoms with Crippen molar-refractivity contribution in [2.75, 3.05) is 17.9 Å². The molecule has 148 valence electrons. The van der Waals surface area contributed by atoms with E-state index in [9.17, 15) is 18.0 Å².